The van der Waals surface area contributed by atoms with Gasteiger partial charge in [-0.2, -0.15) is 0 Å². The molecule has 0 saturated carbocycles. The Kier molecular flexibility index (Phi) is 3.15. The summed E-state index contributed by atoms with van der Waals surface area (Å²) in [6.07, 6.45) is 2.17. The van der Waals surface area contributed by atoms with E-state index < -0.39 is 0 Å². The molecule has 2 nitrogen and oxygen atoms in total. The third kappa shape index (κ3) is 2.18. The summed E-state index contributed by atoms with van der Waals surface area (Å²) in [4.78, 5) is 17.8. The zero-order valence-corrected chi connectivity index (χ0v) is 10.7. The van der Waals surface area contributed by atoms with E-state index in [2.05, 4.69) is 17.1 Å². The number of ketones is 1. The predicted octanol–water partition coefficient (Wildman–Crippen LogP) is 3.08. The largest absolute Gasteiger partial charge is 0.299 e. The van der Waals surface area contributed by atoms with Crippen LogP contribution in [0.2, 0.25) is 0 Å². The van der Waals surface area contributed by atoms with Gasteiger partial charge in [-0.25, -0.2) is 0 Å². The van der Waals surface area contributed by atoms with Crippen LogP contribution in [0.25, 0.3) is 0 Å². The first-order chi connectivity index (χ1) is 8.84. The number of benzene rings is 1. The number of thioether (sulfide) groups is 1. The summed E-state index contributed by atoms with van der Waals surface area (Å²) in [5, 5.41) is 0. The SMILES string of the molecule is O=C(Cc1ccccn1)C1CSc2ccccc21. The van der Waals surface area contributed by atoms with E-state index in [0.29, 0.717) is 6.42 Å². The van der Waals surface area contributed by atoms with E-state index in [-0.39, 0.29) is 11.7 Å². The number of Topliss-reactive ketones (excluding diaryl/α,β-unsaturated/α-hetero) is 1. The van der Waals surface area contributed by atoms with Gasteiger partial charge in [0.1, 0.15) is 5.78 Å². The van der Waals surface area contributed by atoms with E-state index in [9.17, 15) is 4.79 Å². The fraction of sp³-hybridized carbons (Fsp3) is 0.200. The second kappa shape index (κ2) is 4.94. The molecule has 0 saturated heterocycles. The van der Waals surface area contributed by atoms with Crippen molar-refractivity contribution in [3.05, 3.63) is 59.9 Å². The maximum Gasteiger partial charge on any atom is 0.147 e. The third-order valence-corrected chi connectivity index (χ3v) is 4.35. The van der Waals surface area contributed by atoms with E-state index >= 15 is 0 Å². The maximum absolute atomic E-state index is 12.3. The third-order valence-electron chi connectivity index (χ3n) is 3.17. The number of nitrogens with zero attached hydrogens (tertiary/aromatic N) is 1. The zero-order valence-electron chi connectivity index (χ0n) is 9.87. The van der Waals surface area contributed by atoms with Crippen LogP contribution in [0, 0.1) is 0 Å². The minimum absolute atomic E-state index is 0.0354. The molecule has 3 heteroatoms. The van der Waals surface area contributed by atoms with Crippen molar-refractivity contribution in [2.75, 3.05) is 5.75 Å². The van der Waals surface area contributed by atoms with Crippen molar-refractivity contribution in [2.45, 2.75) is 17.2 Å². The standard InChI is InChI=1S/C15H13NOS/c17-14(9-11-5-3-4-8-16-11)13-10-18-15-7-2-1-6-12(13)15/h1-8,13H,9-10H2. The van der Waals surface area contributed by atoms with Gasteiger partial charge in [-0.3, -0.25) is 9.78 Å². The minimum Gasteiger partial charge on any atom is -0.299 e. The Balaban J connectivity index is 1.79. The number of hydrogen-bond donors (Lipinski definition) is 0. The van der Waals surface area contributed by atoms with Crippen LogP contribution in [0.1, 0.15) is 17.2 Å². The van der Waals surface area contributed by atoms with Gasteiger partial charge in [-0.05, 0) is 23.8 Å². The first-order valence-corrected chi connectivity index (χ1v) is 6.97. The Labute approximate surface area is 110 Å². The number of aromatic nitrogens is 1. The molecule has 0 aliphatic carbocycles. The molecule has 1 aromatic heterocycles. The molecule has 0 radical (unpaired) electrons. The summed E-state index contributed by atoms with van der Waals surface area (Å²) in [6.45, 7) is 0. The van der Waals surface area contributed by atoms with Gasteiger partial charge in [0.2, 0.25) is 0 Å². The average molecular weight is 255 g/mol. The average Bonchev–Trinajstić information content (AvgIpc) is 2.84. The predicted molar refractivity (Wildman–Crippen MR) is 72.9 cm³/mol. The summed E-state index contributed by atoms with van der Waals surface area (Å²) in [5.41, 5.74) is 2.04. The molecule has 1 aliphatic heterocycles. The van der Waals surface area contributed by atoms with Crippen molar-refractivity contribution in [3.63, 3.8) is 0 Å². The lowest BCUT2D eigenvalue weighted by Gasteiger charge is -2.09. The fourth-order valence-electron chi connectivity index (χ4n) is 2.23. The molecule has 0 amide bonds. The Bertz CT molecular complexity index is 568. The molecular formula is C15H13NOS. The zero-order chi connectivity index (χ0) is 12.4. The van der Waals surface area contributed by atoms with Gasteiger partial charge in [-0.1, -0.05) is 24.3 Å². The molecular weight excluding hydrogens is 242 g/mol. The number of rotatable bonds is 3. The van der Waals surface area contributed by atoms with E-state index in [1.807, 2.05) is 30.3 Å². The Morgan fingerprint density at radius 1 is 1.22 bits per heavy atom. The first-order valence-electron chi connectivity index (χ1n) is 5.99. The quantitative estimate of drug-likeness (QED) is 0.844. The molecule has 1 aliphatic rings. The summed E-state index contributed by atoms with van der Waals surface area (Å²) in [5.74, 6) is 1.17. The lowest BCUT2D eigenvalue weighted by atomic mass is 9.94. The molecule has 1 aromatic carbocycles. The van der Waals surface area contributed by atoms with Crippen molar-refractivity contribution < 1.29 is 4.79 Å². The van der Waals surface area contributed by atoms with Crippen LogP contribution in [-0.4, -0.2) is 16.5 Å². The summed E-state index contributed by atoms with van der Waals surface area (Å²) in [6, 6.07) is 13.9. The second-order valence-electron chi connectivity index (χ2n) is 4.37. The van der Waals surface area contributed by atoms with E-state index in [0.717, 1.165) is 11.4 Å². The molecule has 0 spiro atoms. The van der Waals surface area contributed by atoms with E-state index in [1.165, 1.54) is 10.5 Å². The lowest BCUT2D eigenvalue weighted by molar-refractivity contribution is -0.119. The van der Waals surface area contributed by atoms with Crippen LogP contribution in [0.4, 0.5) is 0 Å². The Morgan fingerprint density at radius 2 is 2.06 bits per heavy atom. The monoisotopic (exact) mass is 255 g/mol. The topological polar surface area (TPSA) is 30.0 Å². The highest BCUT2D eigenvalue weighted by Crippen LogP contribution is 2.40. The molecule has 3 rings (SSSR count). The highest BCUT2D eigenvalue weighted by molar-refractivity contribution is 7.99. The molecule has 2 aromatic rings. The summed E-state index contributed by atoms with van der Waals surface area (Å²) < 4.78 is 0. The van der Waals surface area contributed by atoms with Gasteiger partial charge in [0.15, 0.2) is 0 Å². The minimum atomic E-state index is 0.0354. The number of hydrogen-bond acceptors (Lipinski definition) is 3. The molecule has 0 N–H and O–H groups in total. The number of pyridine rings is 1. The van der Waals surface area contributed by atoms with Gasteiger partial charge in [0.05, 0.1) is 5.92 Å². The number of fused-ring (bicyclic) bond motifs is 1. The van der Waals surface area contributed by atoms with Gasteiger partial charge < -0.3 is 0 Å². The second-order valence-corrected chi connectivity index (χ2v) is 5.43. The molecule has 0 bridgehead atoms. The van der Waals surface area contributed by atoms with Gasteiger partial charge in [0.25, 0.3) is 0 Å². The molecule has 1 atom stereocenters. The van der Waals surface area contributed by atoms with Crippen molar-refractivity contribution in [3.8, 4) is 0 Å². The number of carbonyl (C=O) groups is 1. The van der Waals surface area contributed by atoms with Crippen molar-refractivity contribution in [2.24, 2.45) is 0 Å². The maximum atomic E-state index is 12.3. The van der Waals surface area contributed by atoms with Crippen molar-refractivity contribution in [1.29, 1.82) is 0 Å². The lowest BCUT2D eigenvalue weighted by Crippen LogP contribution is -2.15. The molecule has 18 heavy (non-hydrogen) atoms. The molecule has 2 heterocycles. The highest BCUT2D eigenvalue weighted by Gasteiger charge is 2.28. The van der Waals surface area contributed by atoms with Crippen molar-refractivity contribution >= 4 is 17.5 Å². The summed E-state index contributed by atoms with van der Waals surface area (Å²) >= 11 is 1.77. The van der Waals surface area contributed by atoms with Crippen LogP contribution in [0.15, 0.2) is 53.6 Å². The normalized spacial score (nSPS) is 17.4. The van der Waals surface area contributed by atoms with Crippen LogP contribution in [0.5, 0.6) is 0 Å². The van der Waals surface area contributed by atoms with Gasteiger partial charge in [0, 0.05) is 29.0 Å². The van der Waals surface area contributed by atoms with Crippen LogP contribution < -0.4 is 0 Å². The molecule has 0 fully saturated rings. The molecule has 1 unspecified atom stereocenters. The van der Waals surface area contributed by atoms with Crippen LogP contribution in [0.3, 0.4) is 0 Å². The first kappa shape index (κ1) is 11.5. The molecule has 90 valence electrons. The van der Waals surface area contributed by atoms with Gasteiger partial charge >= 0.3 is 0 Å². The Hall–Kier alpha value is -1.61. The number of carbonyl (C=O) groups excluding carboxylic acids is 1. The van der Waals surface area contributed by atoms with Gasteiger partial charge in [-0.15, -0.1) is 11.8 Å². The van der Waals surface area contributed by atoms with E-state index in [4.69, 9.17) is 0 Å². The highest BCUT2D eigenvalue weighted by atomic mass is 32.2. The Morgan fingerprint density at radius 3 is 2.89 bits per heavy atom. The van der Waals surface area contributed by atoms with E-state index in [1.54, 1.807) is 18.0 Å². The summed E-state index contributed by atoms with van der Waals surface area (Å²) in [7, 11) is 0. The van der Waals surface area contributed by atoms with Crippen LogP contribution in [-0.2, 0) is 11.2 Å². The fourth-order valence-corrected chi connectivity index (χ4v) is 3.50. The van der Waals surface area contributed by atoms with Crippen molar-refractivity contribution in [1.82, 2.24) is 4.98 Å². The van der Waals surface area contributed by atoms with Crippen LogP contribution >= 0.6 is 11.8 Å². The smallest absolute Gasteiger partial charge is 0.147 e.